The van der Waals surface area contributed by atoms with Crippen LogP contribution in [0.1, 0.15) is 32.1 Å². The normalized spacial score (nSPS) is 20.4. The lowest BCUT2D eigenvalue weighted by atomic mass is 9.81. The largest absolute Gasteiger partial charge is 0.385 e. The molecule has 0 aromatic heterocycles. The molecule has 0 atom stereocenters. The molecule has 0 aliphatic heterocycles. The Balaban J connectivity index is 1.73. The van der Waals surface area contributed by atoms with Crippen LogP contribution in [0.15, 0.2) is 24.3 Å². The Bertz CT molecular complexity index is 557. The average Bonchev–Trinajstić information content (AvgIpc) is 2.58. The second-order valence-corrected chi connectivity index (χ2v) is 6.19. The molecule has 0 saturated heterocycles. The lowest BCUT2D eigenvalue weighted by Crippen LogP contribution is -2.36. The van der Waals surface area contributed by atoms with Crippen molar-refractivity contribution in [1.82, 2.24) is 5.32 Å². The predicted octanol–water partition coefficient (Wildman–Crippen LogP) is 2.72. The SMILES string of the molecule is COCCCNC(=O)C1CCC(C(=O)Nc2cccc(F)c2)CC1. The Morgan fingerprint density at radius 3 is 2.46 bits per heavy atom. The van der Waals surface area contributed by atoms with Crippen LogP contribution in [0, 0.1) is 17.7 Å². The van der Waals surface area contributed by atoms with Gasteiger partial charge in [-0.3, -0.25) is 9.59 Å². The Hall–Kier alpha value is -1.95. The molecule has 6 heteroatoms. The number of nitrogens with one attached hydrogen (secondary N) is 2. The quantitative estimate of drug-likeness (QED) is 0.752. The number of carbonyl (C=O) groups excluding carboxylic acids is 2. The standard InChI is InChI=1S/C18H25FN2O3/c1-24-11-3-10-20-17(22)13-6-8-14(9-7-13)18(23)21-16-5-2-4-15(19)12-16/h2,4-5,12-14H,3,6-11H2,1H3,(H,20,22)(H,21,23). The molecule has 1 aromatic rings. The Morgan fingerprint density at radius 2 is 1.83 bits per heavy atom. The predicted molar refractivity (Wildman–Crippen MR) is 90.0 cm³/mol. The molecule has 2 rings (SSSR count). The average molecular weight is 336 g/mol. The summed E-state index contributed by atoms with van der Waals surface area (Å²) in [5, 5.41) is 5.67. The Kier molecular flexibility index (Phi) is 7.18. The van der Waals surface area contributed by atoms with Crippen molar-refractivity contribution in [2.24, 2.45) is 11.8 Å². The summed E-state index contributed by atoms with van der Waals surface area (Å²) in [5.74, 6) is -0.548. The van der Waals surface area contributed by atoms with Gasteiger partial charge in [-0.25, -0.2) is 4.39 Å². The molecular weight excluding hydrogens is 311 g/mol. The molecule has 1 aliphatic rings. The lowest BCUT2D eigenvalue weighted by Gasteiger charge is -2.27. The summed E-state index contributed by atoms with van der Waals surface area (Å²) >= 11 is 0. The monoisotopic (exact) mass is 336 g/mol. The molecule has 1 aliphatic carbocycles. The fourth-order valence-corrected chi connectivity index (χ4v) is 3.00. The lowest BCUT2D eigenvalue weighted by molar-refractivity contribution is -0.128. The van der Waals surface area contributed by atoms with Gasteiger partial charge in [0.15, 0.2) is 0 Å². The van der Waals surface area contributed by atoms with Crippen LogP contribution >= 0.6 is 0 Å². The molecule has 5 nitrogen and oxygen atoms in total. The molecule has 0 heterocycles. The van der Waals surface area contributed by atoms with Crippen LogP contribution in [0.4, 0.5) is 10.1 Å². The fraction of sp³-hybridized carbons (Fsp3) is 0.556. The summed E-state index contributed by atoms with van der Waals surface area (Å²) in [6.07, 6.45) is 3.57. The first-order valence-electron chi connectivity index (χ1n) is 8.43. The maximum absolute atomic E-state index is 13.1. The number of anilines is 1. The van der Waals surface area contributed by atoms with Crippen molar-refractivity contribution in [3.63, 3.8) is 0 Å². The van der Waals surface area contributed by atoms with Gasteiger partial charge in [-0.15, -0.1) is 0 Å². The molecule has 1 fully saturated rings. The molecule has 2 N–H and O–H groups in total. The van der Waals surface area contributed by atoms with Crippen LogP contribution in [-0.4, -0.2) is 32.1 Å². The van der Waals surface area contributed by atoms with Gasteiger partial charge in [0, 0.05) is 37.8 Å². The van der Waals surface area contributed by atoms with E-state index in [-0.39, 0.29) is 29.5 Å². The topological polar surface area (TPSA) is 67.4 Å². The number of rotatable bonds is 7. The summed E-state index contributed by atoms with van der Waals surface area (Å²) in [4.78, 5) is 24.3. The second kappa shape index (κ2) is 9.37. The molecule has 0 bridgehead atoms. The van der Waals surface area contributed by atoms with Gasteiger partial charge in [-0.1, -0.05) is 6.07 Å². The van der Waals surface area contributed by atoms with E-state index < -0.39 is 0 Å². The highest BCUT2D eigenvalue weighted by molar-refractivity contribution is 5.92. The maximum atomic E-state index is 13.1. The zero-order chi connectivity index (χ0) is 17.4. The highest BCUT2D eigenvalue weighted by Crippen LogP contribution is 2.30. The molecule has 0 spiro atoms. The summed E-state index contributed by atoms with van der Waals surface area (Å²) in [5.41, 5.74) is 0.470. The molecule has 2 amide bonds. The van der Waals surface area contributed by atoms with Crippen molar-refractivity contribution in [3.05, 3.63) is 30.1 Å². The van der Waals surface area contributed by atoms with Gasteiger partial charge in [-0.05, 0) is 50.3 Å². The van der Waals surface area contributed by atoms with Crippen molar-refractivity contribution in [2.75, 3.05) is 25.6 Å². The van der Waals surface area contributed by atoms with E-state index >= 15 is 0 Å². The second-order valence-electron chi connectivity index (χ2n) is 6.19. The van der Waals surface area contributed by atoms with E-state index in [0.717, 1.165) is 6.42 Å². The molecular formula is C18H25FN2O3. The molecule has 132 valence electrons. The molecule has 1 aromatic carbocycles. The number of methoxy groups -OCH3 is 1. The van der Waals surface area contributed by atoms with Gasteiger partial charge in [0.25, 0.3) is 0 Å². The summed E-state index contributed by atoms with van der Waals surface area (Å²) in [7, 11) is 1.64. The smallest absolute Gasteiger partial charge is 0.227 e. The van der Waals surface area contributed by atoms with Gasteiger partial charge in [0.2, 0.25) is 11.8 Å². The highest BCUT2D eigenvalue weighted by atomic mass is 19.1. The van der Waals surface area contributed by atoms with E-state index in [9.17, 15) is 14.0 Å². The first-order valence-corrected chi connectivity index (χ1v) is 8.43. The minimum absolute atomic E-state index is 0.0224. The van der Waals surface area contributed by atoms with Crippen molar-refractivity contribution in [3.8, 4) is 0 Å². The van der Waals surface area contributed by atoms with Crippen molar-refractivity contribution in [1.29, 1.82) is 0 Å². The van der Waals surface area contributed by atoms with Crippen molar-refractivity contribution >= 4 is 17.5 Å². The van der Waals surface area contributed by atoms with Crippen LogP contribution in [0.5, 0.6) is 0 Å². The minimum Gasteiger partial charge on any atom is -0.385 e. The molecule has 0 radical (unpaired) electrons. The number of carbonyl (C=O) groups is 2. The van der Waals surface area contributed by atoms with Crippen LogP contribution in [0.2, 0.25) is 0 Å². The van der Waals surface area contributed by atoms with Crippen LogP contribution < -0.4 is 10.6 Å². The van der Waals surface area contributed by atoms with Gasteiger partial charge < -0.3 is 15.4 Å². The van der Waals surface area contributed by atoms with Gasteiger partial charge in [0.05, 0.1) is 0 Å². The first-order chi connectivity index (χ1) is 11.6. The van der Waals surface area contributed by atoms with E-state index in [2.05, 4.69) is 10.6 Å². The number of halogens is 1. The number of ether oxygens (including phenoxy) is 1. The summed E-state index contributed by atoms with van der Waals surface area (Å²) in [6.45, 7) is 1.25. The van der Waals surface area contributed by atoms with Gasteiger partial charge in [-0.2, -0.15) is 0 Å². The summed E-state index contributed by atoms with van der Waals surface area (Å²) in [6, 6.07) is 5.87. The third-order valence-electron chi connectivity index (χ3n) is 4.39. The van der Waals surface area contributed by atoms with Crippen LogP contribution in [0.3, 0.4) is 0 Å². The Morgan fingerprint density at radius 1 is 1.17 bits per heavy atom. The first kappa shape index (κ1) is 18.4. The fourth-order valence-electron chi connectivity index (χ4n) is 3.00. The number of hydrogen-bond acceptors (Lipinski definition) is 3. The molecule has 0 unspecified atom stereocenters. The highest BCUT2D eigenvalue weighted by Gasteiger charge is 2.29. The third kappa shape index (κ3) is 5.60. The number of benzene rings is 1. The number of amides is 2. The van der Waals surface area contributed by atoms with E-state index in [0.29, 0.717) is 44.5 Å². The zero-order valence-corrected chi connectivity index (χ0v) is 14.0. The van der Waals surface area contributed by atoms with Crippen molar-refractivity contribution in [2.45, 2.75) is 32.1 Å². The van der Waals surface area contributed by atoms with E-state index in [1.54, 1.807) is 19.2 Å². The minimum atomic E-state index is -0.373. The molecule has 24 heavy (non-hydrogen) atoms. The van der Waals surface area contributed by atoms with Crippen LogP contribution in [-0.2, 0) is 14.3 Å². The van der Waals surface area contributed by atoms with Gasteiger partial charge in [0.1, 0.15) is 5.82 Å². The summed E-state index contributed by atoms with van der Waals surface area (Å²) < 4.78 is 18.1. The maximum Gasteiger partial charge on any atom is 0.227 e. The van der Waals surface area contributed by atoms with E-state index in [1.807, 2.05) is 0 Å². The third-order valence-corrected chi connectivity index (χ3v) is 4.39. The van der Waals surface area contributed by atoms with E-state index in [4.69, 9.17) is 4.74 Å². The van der Waals surface area contributed by atoms with Gasteiger partial charge >= 0.3 is 0 Å². The van der Waals surface area contributed by atoms with Crippen LogP contribution in [0.25, 0.3) is 0 Å². The van der Waals surface area contributed by atoms with E-state index in [1.165, 1.54) is 12.1 Å². The molecule has 1 saturated carbocycles. The Labute approximate surface area is 142 Å². The zero-order valence-electron chi connectivity index (χ0n) is 14.0. The number of hydrogen-bond donors (Lipinski definition) is 2. The van der Waals surface area contributed by atoms with Crippen molar-refractivity contribution < 1.29 is 18.7 Å².